The van der Waals surface area contributed by atoms with E-state index in [1.165, 1.54) is 25.4 Å². The Labute approximate surface area is 183 Å². The molecular formula is C24H22F3N3O2. The fraction of sp³-hybridized carbons (Fsp3) is 0.250. The minimum Gasteiger partial charge on any atom is -0.494 e. The minimum absolute atomic E-state index is 0.0645. The van der Waals surface area contributed by atoms with Gasteiger partial charge in [0, 0.05) is 18.4 Å². The number of amides is 1. The van der Waals surface area contributed by atoms with E-state index in [4.69, 9.17) is 4.74 Å². The van der Waals surface area contributed by atoms with Crippen LogP contribution in [-0.2, 0) is 12.8 Å². The molecule has 0 unspecified atom stereocenters. The maximum atomic E-state index is 14.6. The second kappa shape index (κ2) is 9.30. The van der Waals surface area contributed by atoms with Crippen molar-refractivity contribution in [1.82, 2.24) is 4.98 Å². The molecule has 8 heteroatoms. The van der Waals surface area contributed by atoms with Crippen LogP contribution in [0.2, 0.25) is 0 Å². The van der Waals surface area contributed by atoms with Crippen LogP contribution < -0.4 is 15.0 Å². The van der Waals surface area contributed by atoms with Crippen molar-refractivity contribution in [2.24, 2.45) is 0 Å². The smallest absolute Gasteiger partial charge is 0.262 e. The van der Waals surface area contributed by atoms with E-state index in [2.05, 4.69) is 10.3 Å². The number of benzene rings is 2. The maximum Gasteiger partial charge on any atom is 0.262 e. The number of fused-ring (bicyclic) bond motifs is 1. The Morgan fingerprint density at radius 3 is 2.69 bits per heavy atom. The van der Waals surface area contributed by atoms with Crippen LogP contribution >= 0.6 is 0 Å². The summed E-state index contributed by atoms with van der Waals surface area (Å²) in [6.45, 7) is -0.465. The fourth-order valence-corrected chi connectivity index (χ4v) is 3.91. The van der Waals surface area contributed by atoms with E-state index in [9.17, 15) is 18.0 Å². The molecule has 3 aromatic rings. The highest BCUT2D eigenvalue weighted by molar-refractivity contribution is 6.07. The van der Waals surface area contributed by atoms with Crippen LogP contribution in [0.15, 0.2) is 48.7 Å². The highest BCUT2D eigenvalue weighted by Crippen LogP contribution is 2.30. The van der Waals surface area contributed by atoms with E-state index < -0.39 is 24.2 Å². The molecule has 0 radical (unpaired) electrons. The van der Waals surface area contributed by atoms with Crippen molar-refractivity contribution in [3.05, 3.63) is 82.5 Å². The third kappa shape index (κ3) is 4.26. The number of anilines is 2. The van der Waals surface area contributed by atoms with E-state index in [1.807, 2.05) is 0 Å². The molecule has 0 atom stereocenters. The summed E-state index contributed by atoms with van der Waals surface area (Å²) < 4.78 is 47.0. The van der Waals surface area contributed by atoms with Crippen molar-refractivity contribution < 1.29 is 22.7 Å². The lowest BCUT2D eigenvalue weighted by atomic mass is 10.0. The topological polar surface area (TPSA) is 54.5 Å². The molecule has 2 aromatic carbocycles. The Morgan fingerprint density at radius 1 is 1.12 bits per heavy atom. The summed E-state index contributed by atoms with van der Waals surface area (Å²) in [5, 5.41) is 3.12. The number of nitrogens with one attached hydrogen (secondary N) is 1. The number of carbonyl (C=O) groups is 1. The predicted molar refractivity (Wildman–Crippen MR) is 116 cm³/mol. The van der Waals surface area contributed by atoms with Crippen LogP contribution in [0, 0.1) is 11.6 Å². The standard InChI is InChI=1S/C24H22F3N3O2/c1-32-21-5-2-15(13-19(21)27)12-16-6-9-29-22(14-16)30(11-8-25)24(31)23-17-7-10-28-20(17)4-3-18(23)26/h2-6,9,13-14,28H,7-8,10-12H2,1H3. The fourth-order valence-electron chi connectivity index (χ4n) is 3.91. The summed E-state index contributed by atoms with van der Waals surface area (Å²) in [5.74, 6) is -1.40. The predicted octanol–water partition coefficient (Wildman–Crippen LogP) is 4.54. The summed E-state index contributed by atoms with van der Waals surface area (Å²) >= 11 is 0. The lowest BCUT2D eigenvalue weighted by Gasteiger charge is -2.22. The molecule has 1 aliphatic heterocycles. The molecule has 0 saturated carbocycles. The van der Waals surface area contributed by atoms with Gasteiger partial charge in [-0.25, -0.2) is 18.2 Å². The molecule has 1 aromatic heterocycles. The van der Waals surface area contributed by atoms with Crippen LogP contribution in [0.1, 0.15) is 27.0 Å². The lowest BCUT2D eigenvalue weighted by molar-refractivity contribution is 0.0979. The molecule has 0 spiro atoms. The summed E-state index contributed by atoms with van der Waals surface area (Å²) in [7, 11) is 1.39. The van der Waals surface area contributed by atoms with Gasteiger partial charge in [0.15, 0.2) is 11.6 Å². The van der Waals surface area contributed by atoms with Crippen molar-refractivity contribution in [3.63, 3.8) is 0 Å². The van der Waals surface area contributed by atoms with E-state index in [0.717, 1.165) is 10.5 Å². The zero-order valence-corrected chi connectivity index (χ0v) is 17.5. The number of hydrogen-bond acceptors (Lipinski definition) is 4. The largest absolute Gasteiger partial charge is 0.494 e. The highest BCUT2D eigenvalue weighted by Gasteiger charge is 2.28. The van der Waals surface area contributed by atoms with Crippen molar-refractivity contribution in [2.75, 3.05) is 37.1 Å². The van der Waals surface area contributed by atoms with E-state index in [-0.39, 0.29) is 23.7 Å². The second-order valence-corrected chi connectivity index (χ2v) is 7.44. The van der Waals surface area contributed by atoms with Gasteiger partial charge in [-0.05, 0) is 65.9 Å². The lowest BCUT2D eigenvalue weighted by Crippen LogP contribution is -2.35. The van der Waals surface area contributed by atoms with Crippen molar-refractivity contribution in [3.8, 4) is 5.75 Å². The Bertz CT molecular complexity index is 1150. The maximum absolute atomic E-state index is 14.6. The molecule has 2 heterocycles. The second-order valence-electron chi connectivity index (χ2n) is 7.44. The molecule has 1 N–H and O–H groups in total. The van der Waals surface area contributed by atoms with Gasteiger partial charge in [0.2, 0.25) is 0 Å². The van der Waals surface area contributed by atoms with Crippen molar-refractivity contribution in [2.45, 2.75) is 12.8 Å². The zero-order valence-electron chi connectivity index (χ0n) is 17.5. The summed E-state index contributed by atoms with van der Waals surface area (Å²) in [4.78, 5) is 18.7. The van der Waals surface area contributed by atoms with Crippen LogP contribution in [0.3, 0.4) is 0 Å². The number of aromatic nitrogens is 1. The molecular weight excluding hydrogens is 419 g/mol. The third-order valence-electron chi connectivity index (χ3n) is 5.43. The molecule has 166 valence electrons. The number of rotatable bonds is 7. The summed E-state index contributed by atoms with van der Waals surface area (Å²) in [6.07, 6.45) is 2.37. The van der Waals surface area contributed by atoms with E-state index in [1.54, 1.807) is 30.3 Å². The van der Waals surface area contributed by atoms with E-state index in [0.29, 0.717) is 36.2 Å². The molecule has 1 aliphatic rings. The molecule has 32 heavy (non-hydrogen) atoms. The number of alkyl halides is 1. The van der Waals surface area contributed by atoms with Gasteiger partial charge >= 0.3 is 0 Å². The number of nitrogens with zero attached hydrogens (tertiary/aromatic N) is 2. The van der Waals surface area contributed by atoms with Crippen LogP contribution in [0.4, 0.5) is 24.7 Å². The number of halogens is 3. The van der Waals surface area contributed by atoms with Gasteiger partial charge in [-0.15, -0.1) is 0 Å². The zero-order chi connectivity index (χ0) is 22.7. The Balaban J connectivity index is 1.65. The molecule has 5 nitrogen and oxygen atoms in total. The molecule has 0 saturated heterocycles. The molecule has 0 aliphatic carbocycles. The molecule has 0 fully saturated rings. The SMILES string of the molecule is COc1ccc(Cc2ccnc(N(CCF)C(=O)c3c(F)ccc4c3CCN4)c2)cc1F. The number of hydrogen-bond donors (Lipinski definition) is 1. The number of methoxy groups -OCH3 is 1. The van der Waals surface area contributed by atoms with Crippen LogP contribution in [0.5, 0.6) is 5.75 Å². The van der Waals surface area contributed by atoms with Crippen LogP contribution in [0.25, 0.3) is 0 Å². The Morgan fingerprint density at radius 2 is 1.94 bits per heavy atom. The average molecular weight is 441 g/mol. The van der Waals surface area contributed by atoms with Gasteiger partial charge in [0.1, 0.15) is 18.3 Å². The van der Waals surface area contributed by atoms with Gasteiger partial charge in [0.25, 0.3) is 5.91 Å². The minimum atomic E-state index is -0.809. The molecule has 4 rings (SSSR count). The van der Waals surface area contributed by atoms with Crippen LogP contribution in [-0.4, -0.2) is 37.8 Å². The number of ether oxygens (including phenoxy) is 1. The number of carbonyl (C=O) groups excluding carboxylic acids is 1. The van der Waals surface area contributed by atoms with Crippen molar-refractivity contribution in [1.29, 1.82) is 0 Å². The summed E-state index contributed by atoms with van der Waals surface area (Å²) in [6, 6.07) is 10.9. The van der Waals surface area contributed by atoms with Gasteiger partial charge in [-0.3, -0.25) is 9.69 Å². The summed E-state index contributed by atoms with van der Waals surface area (Å²) in [5.41, 5.74) is 2.67. The van der Waals surface area contributed by atoms with Gasteiger partial charge in [-0.1, -0.05) is 6.07 Å². The first-order chi connectivity index (χ1) is 15.5. The molecule has 0 bridgehead atoms. The van der Waals surface area contributed by atoms with Gasteiger partial charge in [0.05, 0.1) is 19.2 Å². The van der Waals surface area contributed by atoms with Crippen molar-refractivity contribution >= 4 is 17.4 Å². The number of pyridine rings is 1. The Hall–Kier alpha value is -3.55. The Kier molecular flexibility index (Phi) is 6.30. The first-order valence-corrected chi connectivity index (χ1v) is 10.2. The first kappa shape index (κ1) is 21.7. The van der Waals surface area contributed by atoms with Gasteiger partial charge < -0.3 is 10.1 Å². The average Bonchev–Trinajstić information content (AvgIpc) is 3.26. The van der Waals surface area contributed by atoms with E-state index >= 15 is 0 Å². The van der Waals surface area contributed by atoms with Gasteiger partial charge in [-0.2, -0.15) is 0 Å². The monoisotopic (exact) mass is 441 g/mol. The normalized spacial score (nSPS) is 12.2. The first-order valence-electron chi connectivity index (χ1n) is 10.2. The highest BCUT2D eigenvalue weighted by atomic mass is 19.1. The quantitative estimate of drug-likeness (QED) is 0.585. The molecule has 1 amide bonds. The third-order valence-corrected chi connectivity index (χ3v) is 5.43.